The van der Waals surface area contributed by atoms with Crippen LogP contribution >= 0.6 is 0 Å². The van der Waals surface area contributed by atoms with Crippen molar-refractivity contribution < 1.29 is 4.79 Å². The van der Waals surface area contributed by atoms with Crippen LogP contribution in [-0.4, -0.2) is 36.9 Å². The van der Waals surface area contributed by atoms with E-state index in [2.05, 4.69) is 10.2 Å². The van der Waals surface area contributed by atoms with Crippen molar-refractivity contribution >= 4 is 11.5 Å². The highest BCUT2D eigenvalue weighted by atomic mass is 16.1. The molecular formula is C15H22N2O. The van der Waals surface area contributed by atoms with E-state index in [-0.39, 0.29) is 5.78 Å². The number of benzene rings is 1. The molecule has 0 spiro atoms. The Morgan fingerprint density at radius 1 is 1.33 bits per heavy atom. The second kappa shape index (κ2) is 6.55. The summed E-state index contributed by atoms with van der Waals surface area (Å²) in [4.78, 5) is 13.8. The molecule has 0 bridgehead atoms. The second-order valence-electron chi connectivity index (χ2n) is 4.97. The molecule has 1 heterocycles. The quantitative estimate of drug-likeness (QED) is 0.619. The maximum Gasteiger partial charge on any atom is 0.159 e. The predicted molar refractivity (Wildman–Crippen MR) is 75.2 cm³/mol. The third-order valence-corrected chi connectivity index (χ3v) is 3.45. The van der Waals surface area contributed by atoms with E-state index < -0.39 is 0 Å². The molecule has 2 rings (SSSR count). The van der Waals surface area contributed by atoms with Gasteiger partial charge in [0.05, 0.1) is 0 Å². The lowest BCUT2D eigenvalue weighted by Gasteiger charge is -2.14. The molecule has 1 aliphatic heterocycles. The van der Waals surface area contributed by atoms with Crippen LogP contribution in [0.2, 0.25) is 0 Å². The van der Waals surface area contributed by atoms with Crippen LogP contribution in [0.4, 0.5) is 5.69 Å². The Labute approximate surface area is 109 Å². The zero-order valence-corrected chi connectivity index (χ0v) is 11.1. The van der Waals surface area contributed by atoms with Crippen molar-refractivity contribution in [2.75, 3.05) is 31.5 Å². The van der Waals surface area contributed by atoms with Crippen LogP contribution in [0.3, 0.4) is 0 Å². The summed E-state index contributed by atoms with van der Waals surface area (Å²) in [5, 5.41) is 3.38. The van der Waals surface area contributed by atoms with Crippen LogP contribution in [0.25, 0.3) is 0 Å². The van der Waals surface area contributed by atoms with E-state index in [4.69, 9.17) is 0 Å². The first-order chi connectivity index (χ1) is 8.75. The second-order valence-corrected chi connectivity index (χ2v) is 4.97. The number of Topliss-reactive ketones (excluding diaryl/α,β-unsaturated/α-hetero) is 1. The van der Waals surface area contributed by atoms with Crippen LogP contribution in [-0.2, 0) is 0 Å². The molecule has 1 saturated heterocycles. The molecule has 3 nitrogen and oxygen atoms in total. The van der Waals surface area contributed by atoms with Crippen molar-refractivity contribution in [3.8, 4) is 0 Å². The lowest BCUT2D eigenvalue weighted by Crippen LogP contribution is -2.22. The van der Waals surface area contributed by atoms with Gasteiger partial charge in [0.1, 0.15) is 0 Å². The van der Waals surface area contributed by atoms with E-state index >= 15 is 0 Å². The largest absolute Gasteiger partial charge is 0.385 e. The van der Waals surface area contributed by atoms with E-state index in [1.807, 2.05) is 24.3 Å². The smallest absolute Gasteiger partial charge is 0.159 e. The van der Waals surface area contributed by atoms with Crippen molar-refractivity contribution in [3.05, 3.63) is 29.8 Å². The summed E-state index contributed by atoms with van der Waals surface area (Å²) in [5.74, 6) is 0.121. The first-order valence-electron chi connectivity index (χ1n) is 6.83. The average Bonchev–Trinajstić information content (AvgIpc) is 2.88. The van der Waals surface area contributed by atoms with Crippen LogP contribution in [0.5, 0.6) is 0 Å². The summed E-state index contributed by atoms with van der Waals surface area (Å²) < 4.78 is 0. The first kappa shape index (κ1) is 13.1. The number of ketones is 1. The molecule has 1 aromatic carbocycles. The molecule has 3 heteroatoms. The van der Waals surface area contributed by atoms with Crippen LogP contribution in [0, 0.1) is 0 Å². The lowest BCUT2D eigenvalue weighted by molar-refractivity contribution is 0.101. The number of nitrogens with one attached hydrogen (secondary N) is 1. The van der Waals surface area contributed by atoms with Gasteiger partial charge in [0, 0.05) is 17.8 Å². The molecule has 1 N–H and O–H groups in total. The number of hydrogen-bond donors (Lipinski definition) is 1. The van der Waals surface area contributed by atoms with Crippen LogP contribution < -0.4 is 5.32 Å². The highest BCUT2D eigenvalue weighted by molar-refractivity contribution is 5.94. The minimum atomic E-state index is 0.121. The van der Waals surface area contributed by atoms with Gasteiger partial charge in [-0.25, -0.2) is 0 Å². The number of carbonyl (C=O) groups is 1. The van der Waals surface area contributed by atoms with Gasteiger partial charge >= 0.3 is 0 Å². The lowest BCUT2D eigenvalue weighted by atomic mass is 10.1. The minimum absolute atomic E-state index is 0.121. The van der Waals surface area contributed by atoms with E-state index in [0.29, 0.717) is 0 Å². The van der Waals surface area contributed by atoms with Gasteiger partial charge in [0.25, 0.3) is 0 Å². The summed E-state index contributed by atoms with van der Waals surface area (Å²) in [6.45, 7) is 6.28. The van der Waals surface area contributed by atoms with Crippen molar-refractivity contribution in [2.24, 2.45) is 0 Å². The van der Waals surface area contributed by atoms with Gasteiger partial charge in [0.15, 0.2) is 5.78 Å². The van der Waals surface area contributed by atoms with E-state index in [0.717, 1.165) is 24.2 Å². The number of likely N-dealkylation sites (tertiary alicyclic amines) is 1. The van der Waals surface area contributed by atoms with Gasteiger partial charge in [-0.1, -0.05) is 12.1 Å². The Morgan fingerprint density at radius 3 is 2.83 bits per heavy atom. The molecule has 0 unspecified atom stereocenters. The number of anilines is 1. The van der Waals surface area contributed by atoms with Crippen LogP contribution in [0.15, 0.2) is 24.3 Å². The highest BCUT2D eigenvalue weighted by Gasteiger charge is 2.09. The number of nitrogens with zero attached hydrogens (tertiary/aromatic N) is 1. The summed E-state index contributed by atoms with van der Waals surface area (Å²) in [6, 6.07) is 7.73. The van der Waals surface area contributed by atoms with Gasteiger partial charge in [-0.15, -0.1) is 0 Å². The normalized spacial score (nSPS) is 15.8. The van der Waals surface area contributed by atoms with Gasteiger partial charge in [-0.05, 0) is 58.0 Å². The van der Waals surface area contributed by atoms with Gasteiger partial charge < -0.3 is 10.2 Å². The Morgan fingerprint density at radius 2 is 2.11 bits per heavy atom. The molecule has 0 amide bonds. The van der Waals surface area contributed by atoms with Crippen molar-refractivity contribution in [1.29, 1.82) is 0 Å². The van der Waals surface area contributed by atoms with Gasteiger partial charge in [-0.2, -0.15) is 0 Å². The van der Waals surface area contributed by atoms with Gasteiger partial charge in [-0.3, -0.25) is 4.79 Å². The fourth-order valence-corrected chi connectivity index (χ4v) is 2.39. The number of rotatable bonds is 6. The van der Waals surface area contributed by atoms with E-state index in [1.165, 1.54) is 32.5 Å². The van der Waals surface area contributed by atoms with E-state index in [1.54, 1.807) is 6.92 Å². The Bertz CT molecular complexity index is 397. The van der Waals surface area contributed by atoms with Crippen molar-refractivity contribution in [2.45, 2.75) is 26.2 Å². The molecule has 0 saturated carbocycles. The third kappa shape index (κ3) is 3.84. The molecule has 0 atom stereocenters. The Kier molecular flexibility index (Phi) is 4.76. The molecule has 1 aliphatic rings. The molecule has 1 fully saturated rings. The molecule has 0 aromatic heterocycles. The summed E-state index contributed by atoms with van der Waals surface area (Å²) in [7, 11) is 0. The van der Waals surface area contributed by atoms with E-state index in [9.17, 15) is 4.79 Å². The molecule has 98 valence electrons. The molecule has 18 heavy (non-hydrogen) atoms. The topological polar surface area (TPSA) is 32.3 Å². The Balaban J connectivity index is 1.72. The first-order valence-corrected chi connectivity index (χ1v) is 6.83. The SMILES string of the molecule is CC(=O)c1cccc(NCCCN2CCCC2)c1. The zero-order chi connectivity index (χ0) is 12.8. The monoisotopic (exact) mass is 246 g/mol. The summed E-state index contributed by atoms with van der Waals surface area (Å²) in [5.41, 5.74) is 1.82. The summed E-state index contributed by atoms with van der Waals surface area (Å²) >= 11 is 0. The standard InChI is InChI=1S/C15H22N2O/c1-13(18)14-6-4-7-15(12-14)16-8-5-11-17-9-2-3-10-17/h4,6-7,12,16H,2-3,5,8-11H2,1H3. The number of hydrogen-bond acceptors (Lipinski definition) is 3. The van der Waals surface area contributed by atoms with Crippen molar-refractivity contribution in [3.63, 3.8) is 0 Å². The fourth-order valence-electron chi connectivity index (χ4n) is 2.39. The average molecular weight is 246 g/mol. The molecular weight excluding hydrogens is 224 g/mol. The Hall–Kier alpha value is -1.35. The molecule has 0 aliphatic carbocycles. The van der Waals surface area contributed by atoms with Crippen molar-refractivity contribution in [1.82, 2.24) is 4.90 Å². The fraction of sp³-hybridized carbons (Fsp3) is 0.533. The maximum absolute atomic E-state index is 11.3. The van der Waals surface area contributed by atoms with Crippen LogP contribution in [0.1, 0.15) is 36.5 Å². The van der Waals surface area contributed by atoms with Gasteiger partial charge in [0.2, 0.25) is 0 Å². The molecule has 0 radical (unpaired) electrons. The number of carbonyl (C=O) groups excluding carboxylic acids is 1. The minimum Gasteiger partial charge on any atom is -0.385 e. The maximum atomic E-state index is 11.3. The third-order valence-electron chi connectivity index (χ3n) is 3.45. The predicted octanol–water partition coefficient (Wildman–Crippen LogP) is 2.79. The zero-order valence-electron chi connectivity index (χ0n) is 11.1. The summed E-state index contributed by atoms with van der Waals surface area (Å²) in [6.07, 6.45) is 3.87. The molecule has 1 aromatic rings. The highest BCUT2D eigenvalue weighted by Crippen LogP contribution is 2.12.